The monoisotopic (exact) mass is 370 g/mol. The molecular weight excluding hydrogens is 348 g/mol. The van der Waals surface area contributed by atoms with Crippen molar-refractivity contribution in [2.45, 2.75) is 49.2 Å². The Bertz CT molecular complexity index is 886. The Hall–Kier alpha value is -2.18. The van der Waals surface area contributed by atoms with Crippen LogP contribution in [0.1, 0.15) is 41.6 Å². The van der Waals surface area contributed by atoms with Gasteiger partial charge in [0.2, 0.25) is 10.0 Å². The highest BCUT2D eigenvalue weighted by Crippen LogP contribution is 2.30. The van der Waals surface area contributed by atoms with Gasteiger partial charge in [0.25, 0.3) is 5.91 Å². The van der Waals surface area contributed by atoms with E-state index in [0.29, 0.717) is 12.1 Å². The fraction of sp³-hybridized carbons (Fsp3) is 0.350. The number of carbonyl (C=O) groups excluding carboxylic acids is 1. The van der Waals surface area contributed by atoms with Gasteiger partial charge in [0.15, 0.2) is 0 Å². The summed E-state index contributed by atoms with van der Waals surface area (Å²) in [6.07, 6.45) is 3.84. The number of hydrogen-bond donors (Lipinski definition) is 1. The summed E-state index contributed by atoms with van der Waals surface area (Å²) in [6.45, 7) is 0.577. The van der Waals surface area contributed by atoms with E-state index in [9.17, 15) is 13.2 Å². The molecule has 0 saturated heterocycles. The topological polar surface area (TPSA) is 66.5 Å². The van der Waals surface area contributed by atoms with Gasteiger partial charge in [-0.25, -0.2) is 13.1 Å². The molecule has 0 aromatic heterocycles. The third-order valence-corrected chi connectivity index (χ3v) is 6.29. The summed E-state index contributed by atoms with van der Waals surface area (Å²) in [5.74, 6) is -0.0459. The maximum Gasteiger partial charge on any atom is 0.254 e. The Morgan fingerprint density at radius 1 is 0.962 bits per heavy atom. The molecule has 2 aromatic rings. The van der Waals surface area contributed by atoms with Gasteiger partial charge < -0.3 is 4.90 Å². The summed E-state index contributed by atoms with van der Waals surface area (Å²) in [6, 6.07) is 16.5. The van der Waals surface area contributed by atoms with Crippen molar-refractivity contribution < 1.29 is 13.2 Å². The van der Waals surface area contributed by atoms with Crippen molar-refractivity contribution in [2.24, 2.45) is 0 Å². The molecule has 6 heteroatoms. The van der Waals surface area contributed by atoms with E-state index < -0.39 is 10.0 Å². The number of amides is 1. The minimum Gasteiger partial charge on any atom is -0.331 e. The van der Waals surface area contributed by atoms with Crippen molar-refractivity contribution in [2.75, 3.05) is 0 Å². The molecule has 5 nitrogen and oxygen atoms in total. The Labute approximate surface area is 154 Å². The molecule has 2 aromatic carbocycles. The van der Waals surface area contributed by atoms with Crippen LogP contribution < -0.4 is 4.72 Å². The zero-order valence-electron chi connectivity index (χ0n) is 14.5. The molecule has 4 rings (SSSR count). The van der Waals surface area contributed by atoms with Crippen LogP contribution in [0, 0.1) is 0 Å². The standard InChI is InChI=1S/C20H22N2O3S/c23-20(22(18-10-11-18)14-15-4-2-1-3-5-15)16-6-12-19(13-7-16)26(24,25)21-17-8-9-17/h1-7,12-13,17-18,21H,8-11,14H2. The summed E-state index contributed by atoms with van der Waals surface area (Å²) in [5, 5.41) is 0. The normalized spacial score (nSPS) is 17.1. The van der Waals surface area contributed by atoms with Crippen LogP contribution in [0.4, 0.5) is 0 Å². The van der Waals surface area contributed by atoms with Crippen LogP contribution in [-0.2, 0) is 16.6 Å². The van der Waals surface area contributed by atoms with Gasteiger partial charge in [0, 0.05) is 24.2 Å². The average molecular weight is 370 g/mol. The molecule has 2 aliphatic rings. The lowest BCUT2D eigenvalue weighted by Crippen LogP contribution is -2.32. The molecule has 2 aliphatic carbocycles. The van der Waals surface area contributed by atoms with Crippen molar-refractivity contribution in [1.29, 1.82) is 0 Å². The van der Waals surface area contributed by atoms with E-state index in [1.807, 2.05) is 35.2 Å². The van der Waals surface area contributed by atoms with Crippen molar-refractivity contribution in [3.05, 3.63) is 65.7 Å². The van der Waals surface area contributed by atoms with E-state index >= 15 is 0 Å². The van der Waals surface area contributed by atoms with E-state index in [4.69, 9.17) is 0 Å². The van der Waals surface area contributed by atoms with Gasteiger partial charge in [-0.2, -0.15) is 0 Å². The van der Waals surface area contributed by atoms with Gasteiger partial charge in [-0.1, -0.05) is 30.3 Å². The number of rotatable bonds is 7. The van der Waals surface area contributed by atoms with Gasteiger partial charge in [-0.05, 0) is 55.5 Å². The highest BCUT2D eigenvalue weighted by molar-refractivity contribution is 7.89. The lowest BCUT2D eigenvalue weighted by atomic mass is 10.1. The molecule has 0 heterocycles. The summed E-state index contributed by atoms with van der Waals surface area (Å²) in [4.78, 5) is 15.0. The van der Waals surface area contributed by atoms with Crippen LogP contribution in [-0.4, -0.2) is 31.3 Å². The molecule has 136 valence electrons. The summed E-state index contributed by atoms with van der Waals surface area (Å²) >= 11 is 0. The zero-order valence-corrected chi connectivity index (χ0v) is 15.3. The molecule has 0 aliphatic heterocycles. The lowest BCUT2D eigenvalue weighted by molar-refractivity contribution is 0.0730. The fourth-order valence-electron chi connectivity index (χ4n) is 2.96. The molecule has 2 saturated carbocycles. The first-order valence-corrected chi connectivity index (χ1v) is 10.5. The summed E-state index contributed by atoms with van der Waals surface area (Å²) in [7, 11) is -3.49. The predicted octanol–water partition coefficient (Wildman–Crippen LogP) is 2.93. The number of hydrogen-bond acceptors (Lipinski definition) is 3. The minimum absolute atomic E-state index is 0.0459. The maximum absolute atomic E-state index is 12.9. The van der Waals surface area contributed by atoms with E-state index in [0.717, 1.165) is 31.2 Å². The highest BCUT2D eigenvalue weighted by atomic mass is 32.2. The minimum atomic E-state index is -3.49. The van der Waals surface area contributed by atoms with Crippen molar-refractivity contribution in [3.63, 3.8) is 0 Å². The Morgan fingerprint density at radius 3 is 2.19 bits per heavy atom. The van der Waals surface area contributed by atoms with Crippen LogP contribution in [0.2, 0.25) is 0 Å². The molecule has 1 amide bonds. The van der Waals surface area contributed by atoms with E-state index in [-0.39, 0.29) is 22.9 Å². The van der Waals surface area contributed by atoms with Gasteiger partial charge in [-0.15, -0.1) is 0 Å². The quantitative estimate of drug-likeness (QED) is 0.815. The molecule has 26 heavy (non-hydrogen) atoms. The number of sulfonamides is 1. The third-order valence-electron chi connectivity index (χ3n) is 4.75. The largest absolute Gasteiger partial charge is 0.331 e. The SMILES string of the molecule is O=C(c1ccc(S(=O)(=O)NC2CC2)cc1)N(Cc1ccccc1)C1CC1. The number of benzene rings is 2. The van der Waals surface area contributed by atoms with Crippen LogP contribution >= 0.6 is 0 Å². The molecular formula is C20H22N2O3S. The number of nitrogens with one attached hydrogen (secondary N) is 1. The summed E-state index contributed by atoms with van der Waals surface area (Å²) in [5.41, 5.74) is 1.62. The molecule has 0 atom stereocenters. The molecule has 1 N–H and O–H groups in total. The first-order chi connectivity index (χ1) is 12.5. The second-order valence-corrected chi connectivity index (χ2v) is 8.78. The molecule has 0 unspecified atom stereocenters. The second-order valence-electron chi connectivity index (χ2n) is 7.07. The smallest absolute Gasteiger partial charge is 0.254 e. The first kappa shape index (κ1) is 17.2. The van der Waals surface area contributed by atoms with Gasteiger partial charge >= 0.3 is 0 Å². The average Bonchev–Trinajstić information content (AvgIpc) is 3.55. The van der Waals surface area contributed by atoms with E-state index in [1.54, 1.807) is 12.1 Å². The van der Waals surface area contributed by atoms with E-state index in [1.165, 1.54) is 12.1 Å². The molecule has 0 spiro atoms. The summed E-state index contributed by atoms with van der Waals surface area (Å²) < 4.78 is 27.2. The molecule has 0 radical (unpaired) electrons. The van der Waals surface area contributed by atoms with Crippen LogP contribution in [0.5, 0.6) is 0 Å². The third kappa shape index (κ3) is 3.97. The molecule has 2 fully saturated rings. The van der Waals surface area contributed by atoms with Crippen LogP contribution in [0.15, 0.2) is 59.5 Å². The van der Waals surface area contributed by atoms with Crippen molar-refractivity contribution >= 4 is 15.9 Å². The lowest BCUT2D eigenvalue weighted by Gasteiger charge is -2.23. The van der Waals surface area contributed by atoms with Gasteiger partial charge in [-0.3, -0.25) is 4.79 Å². The predicted molar refractivity (Wildman–Crippen MR) is 99.1 cm³/mol. The van der Waals surface area contributed by atoms with Crippen LogP contribution in [0.3, 0.4) is 0 Å². The zero-order chi connectivity index (χ0) is 18.1. The van der Waals surface area contributed by atoms with Gasteiger partial charge in [0.05, 0.1) is 4.90 Å². The van der Waals surface area contributed by atoms with Crippen molar-refractivity contribution in [1.82, 2.24) is 9.62 Å². The van der Waals surface area contributed by atoms with Crippen LogP contribution in [0.25, 0.3) is 0 Å². The highest BCUT2D eigenvalue weighted by Gasteiger charge is 2.33. The molecule has 0 bridgehead atoms. The van der Waals surface area contributed by atoms with Gasteiger partial charge in [0.1, 0.15) is 0 Å². The maximum atomic E-state index is 12.9. The number of carbonyl (C=O) groups is 1. The van der Waals surface area contributed by atoms with Crippen molar-refractivity contribution in [3.8, 4) is 0 Å². The number of nitrogens with zero attached hydrogens (tertiary/aromatic N) is 1. The first-order valence-electron chi connectivity index (χ1n) is 9.00. The Balaban J connectivity index is 1.51. The Morgan fingerprint density at radius 2 is 1.62 bits per heavy atom. The Kier molecular flexibility index (Phi) is 4.54. The second kappa shape index (κ2) is 6.85. The fourth-order valence-corrected chi connectivity index (χ4v) is 4.27. The van der Waals surface area contributed by atoms with E-state index in [2.05, 4.69) is 4.72 Å².